The van der Waals surface area contributed by atoms with Gasteiger partial charge in [-0.2, -0.15) is 0 Å². The number of ether oxygens (including phenoxy) is 1. The molecule has 1 aliphatic carbocycles. The van der Waals surface area contributed by atoms with E-state index in [1.54, 1.807) is 12.1 Å². The van der Waals surface area contributed by atoms with Crippen molar-refractivity contribution >= 4 is 0 Å². The predicted octanol–water partition coefficient (Wildman–Crippen LogP) is 2.74. The van der Waals surface area contributed by atoms with E-state index < -0.39 is 0 Å². The molecule has 0 radical (unpaired) electrons. The molecular formula is C13H18FNO. The molecule has 1 saturated carbocycles. The molecule has 1 N–H and O–H groups in total. The summed E-state index contributed by atoms with van der Waals surface area (Å²) < 4.78 is 18.6. The number of benzene rings is 1. The van der Waals surface area contributed by atoms with Gasteiger partial charge in [0.25, 0.3) is 0 Å². The fourth-order valence-electron chi connectivity index (χ4n) is 2.25. The molecule has 2 rings (SSSR count). The second kappa shape index (κ2) is 5.30. The van der Waals surface area contributed by atoms with Gasteiger partial charge in [-0.1, -0.05) is 6.92 Å². The predicted molar refractivity (Wildman–Crippen MR) is 62.1 cm³/mol. The fourth-order valence-corrected chi connectivity index (χ4v) is 2.25. The number of halogens is 1. The van der Waals surface area contributed by atoms with Gasteiger partial charge >= 0.3 is 0 Å². The summed E-state index contributed by atoms with van der Waals surface area (Å²) in [7, 11) is 0. The van der Waals surface area contributed by atoms with Crippen molar-refractivity contribution in [3.63, 3.8) is 0 Å². The third-order valence-electron chi connectivity index (χ3n) is 3.02. The maximum atomic E-state index is 12.7. The molecule has 2 atom stereocenters. The van der Waals surface area contributed by atoms with Gasteiger partial charge in [-0.15, -0.1) is 0 Å². The van der Waals surface area contributed by atoms with Crippen LogP contribution >= 0.6 is 0 Å². The summed E-state index contributed by atoms with van der Waals surface area (Å²) in [6.07, 6.45) is 3.67. The second-order valence-corrected chi connectivity index (χ2v) is 4.21. The van der Waals surface area contributed by atoms with E-state index in [0.29, 0.717) is 6.04 Å². The molecule has 0 heterocycles. The Labute approximate surface area is 95.8 Å². The summed E-state index contributed by atoms with van der Waals surface area (Å²) in [5, 5.41) is 3.43. The molecule has 2 unspecified atom stereocenters. The van der Waals surface area contributed by atoms with Crippen molar-refractivity contribution in [1.82, 2.24) is 5.32 Å². The van der Waals surface area contributed by atoms with Crippen LogP contribution in [0.15, 0.2) is 24.3 Å². The van der Waals surface area contributed by atoms with Crippen LogP contribution in [0.25, 0.3) is 0 Å². The summed E-state index contributed by atoms with van der Waals surface area (Å²) in [6.45, 7) is 3.07. The molecule has 1 aromatic rings. The van der Waals surface area contributed by atoms with Gasteiger partial charge < -0.3 is 10.1 Å². The van der Waals surface area contributed by atoms with E-state index in [9.17, 15) is 4.39 Å². The molecule has 1 aliphatic rings. The highest BCUT2D eigenvalue weighted by Gasteiger charge is 2.27. The first kappa shape index (κ1) is 11.4. The van der Waals surface area contributed by atoms with E-state index in [1.807, 2.05) is 0 Å². The van der Waals surface area contributed by atoms with Crippen molar-refractivity contribution in [3.05, 3.63) is 30.1 Å². The lowest BCUT2D eigenvalue weighted by Crippen LogP contribution is -2.38. The zero-order chi connectivity index (χ0) is 11.4. The standard InChI is InChI=1S/C13H18FNO/c1-2-15-12-4-3-5-13(12)16-11-8-6-10(14)7-9-11/h6-9,12-13,15H,2-5H2,1H3. The Morgan fingerprint density at radius 1 is 1.31 bits per heavy atom. The van der Waals surface area contributed by atoms with Gasteiger partial charge in [0, 0.05) is 6.04 Å². The van der Waals surface area contributed by atoms with Gasteiger partial charge in [0.2, 0.25) is 0 Å². The van der Waals surface area contributed by atoms with Crippen LogP contribution in [0.4, 0.5) is 4.39 Å². The first-order chi connectivity index (χ1) is 7.79. The van der Waals surface area contributed by atoms with Crippen molar-refractivity contribution in [3.8, 4) is 5.75 Å². The van der Waals surface area contributed by atoms with Crippen LogP contribution in [0, 0.1) is 5.82 Å². The molecule has 3 heteroatoms. The second-order valence-electron chi connectivity index (χ2n) is 4.21. The number of hydrogen-bond donors (Lipinski definition) is 1. The van der Waals surface area contributed by atoms with Crippen LogP contribution in [-0.2, 0) is 0 Å². The lowest BCUT2D eigenvalue weighted by atomic mass is 10.2. The third-order valence-corrected chi connectivity index (χ3v) is 3.02. The van der Waals surface area contributed by atoms with E-state index in [4.69, 9.17) is 4.74 Å². The minimum absolute atomic E-state index is 0.220. The Kier molecular flexibility index (Phi) is 3.78. The van der Waals surface area contributed by atoms with Gasteiger partial charge in [0.05, 0.1) is 0 Å². The quantitative estimate of drug-likeness (QED) is 0.847. The first-order valence-corrected chi connectivity index (χ1v) is 5.95. The molecule has 0 bridgehead atoms. The Hall–Kier alpha value is -1.09. The molecule has 1 fully saturated rings. The van der Waals surface area contributed by atoms with Crippen LogP contribution in [0.3, 0.4) is 0 Å². The minimum Gasteiger partial charge on any atom is -0.489 e. The summed E-state index contributed by atoms with van der Waals surface area (Å²) in [5.74, 6) is 0.540. The minimum atomic E-state index is -0.220. The maximum absolute atomic E-state index is 12.7. The van der Waals surface area contributed by atoms with Crippen LogP contribution < -0.4 is 10.1 Å². The molecule has 0 amide bonds. The van der Waals surface area contributed by atoms with E-state index in [2.05, 4.69) is 12.2 Å². The molecule has 0 aliphatic heterocycles. The topological polar surface area (TPSA) is 21.3 Å². The maximum Gasteiger partial charge on any atom is 0.123 e. The lowest BCUT2D eigenvalue weighted by Gasteiger charge is -2.21. The third kappa shape index (κ3) is 2.73. The largest absolute Gasteiger partial charge is 0.489 e. The van der Waals surface area contributed by atoms with Crippen molar-refractivity contribution in [2.24, 2.45) is 0 Å². The molecule has 2 nitrogen and oxygen atoms in total. The van der Waals surface area contributed by atoms with E-state index in [1.165, 1.54) is 25.0 Å². The highest BCUT2D eigenvalue weighted by Crippen LogP contribution is 2.24. The molecule has 0 saturated heterocycles. The normalized spacial score (nSPS) is 24.6. The van der Waals surface area contributed by atoms with Gasteiger partial charge in [0.15, 0.2) is 0 Å². The van der Waals surface area contributed by atoms with E-state index >= 15 is 0 Å². The molecule has 0 spiro atoms. The van der Waals surface area contributed by atoms with Gasteiger partial charge in [-0.25, -0.2) is 4.39 Å². The Morgan fingerprint density at radius 3 is 2.75 bits per heavy atom. The van der Waals surface area contributed by atoms with Crippen molar-refractivity contribution < 1.29 is 9.13 Å². The number of nitrogens with one attached hydrogen (secondary N) is 1. The Balaban J connectivity index is 1.95. The van der Waals surface area contributed by atoms with Crippen molar-refractivity contribution in [2.75, 3.05) is 6.54 Å². The average molecular weight is 223 g/mol. The molecule has 88 valence electrons. The number of likely N-dealkylation sites (N-methyl/N-ethyl adjacent to an activating group) is 1. The van der Waals surface area contributed by atoms with Gasteiger partial charge in [-0.05, 0) is 50.1 Å². The van der Waals surface area contributed by atoms with Crippen LogP contribution in [-0.4, -0.2) is 18.7 Å². The highest BCUT2D eigenvalue weighted by molar-refractivity contribution is 5.22. The van der Waals surface area contributed by atoms with Crippen molar-refractivity contribution in [1.29, 1.82) is 0 Å². The van der Waals surface area contributed by atoms with E-state index in [-0.39, 0.29) is 11.9 Å². The number of rotatable bonds is 4. The van der Waals surface area contributed by atoms with Crippen LogP contribution in [0.2, 0.25) is 0 Å². The zero-order valence-corrected chi connectivity index (χ0v) is 9.58. The monoisotopic (exact) mass is 223 g/mol. The fraction of sp³-hybridized carbons (Fsp3) is 0.538. The highest BCUT2D eigenvalue weighted by atomic mass is 19.1. The summed E-state index contributed by atoms with van der Waals surface area (Å²) >= 11 is 0. The van der Waals surface area contributed by atoms with Gasteiger partial charge in [-0.3, -0.25) is 0 Å². The number of hydrogen-bond acceptors (Lipinski definition) is 2. The summed E-state index contributed by atoms with van der Waals surface area (Å²) in [4.78, 5) is 0. The van der Waals surface area contributed by atoms with E-state index in [0.717, 1.165) is 18.7 Å². The lowest BCUT2D eigenvalue weighted by molar-refractivity contribution is 0.175. The van der Waals surface area contributed by atoms with Crippen molar-refractivity contribution in [2.45, 2.75) is 38.3 Å². The van der Waals surface area contributed by atoms with Crippen LogP contribution in [0.5, 0.6) is 5.75 Å². The summed E-state index contributed by atoms with van der Waals surface area (Å²) in [5.41, 5.74) is 0. The molecule has 16 heavy (non-hydrogen) atoms. The zero-order valence-electron chi connectivity index (χ0n) is 9.58. The molecular weight excluding hydrogens is 205 g/mol. The summed E-state index contributed by atoms with van der Waals surface area (Å²) in [6, 6.07) is 6.70. The molecule has 1 aromatic carbocycles. The Morgan fingerprint density at radius 2 is 2.06 bits per heavy atom. The van der Waals surface area contributed by atoms with Gasteiger partial charge in [0.1, 0.15) is 17.7 Å². The van der Waals surface area contributed by atoms with Crippen LogP contribution in [0.1, 0.15) is 26.2 Å². The molecule has 0 aromatic heterocycles. The average Bonchev–Trinajstić information content (AvgIpc) is 2.70. The Bertz CT molecular complexity index is 325. The smallest absolute Gasteiger partial charge is 0.123 e. The SMILES string of the molecule is CCNC1CCCC1Oc1ccc(F)cc1. The first-order valence-electron chi connectivity index (χ1n) is 5.95.